The molecule has 2 aromatic heterocycles. The van der Waals surface area contributed by atoms with Gasteiger partial charge in [-0.05, 0) is 79.3 Å². The quantitative estimate of drug-likeness (QED) is 0.132. The van der Waals surface area contributed by atoms with Gasteiger partial charge in [-0.3, -0.25) is 14.5 Å². The number of nitrogens with zero attached hydrogens (tertiary/aromatic N) is 5. The summed E-state index contributed by atoms with van der Waals surface area (Å²) in [6, 6.07) is 21.7. The Hall–Kier alpha value is -5.30. The molecule has 12 nitrogen and oxygen atoms in total. The van der Waals surface area contributed by atoms with Gasteiger partial charge < -0.3 is 30.7 Å². The highest BCUT2D eigenvalue weighted by atomic mass is 16.5. The highest BCUT2D eigenvalue weighted by molar-refractivity contribution is 5.99. The fourth-order valence-corrected chi connectivity index (χ4v) is 7.72. The fourth-order valence-electron chi connectivity index (χ4n) is 7.72. The second kappa shape index (κ2) is 17.4. The van der Waals surface area contributed by atoms with E-state index in [4.69, 9.17) is 20.2 Å². The SMILES string of the molecule is CCc1nc2c(cnn2CC)c(NC2CCOCC2)c1CN(Cc1cc(-c2cccc(CN3CCNCC3)c2)ccc1OC)C(=O)c1cccc(C(N)=O)c1. The fraction of sp³-hybridized carbons (Fsp3) is 0.395. The summed E-state index contributed by atoms with van der Waals surface area (Å²) in [5, 5.41) is 12.9. The number of nitrogens with one attached hydrogen (secondary N) is 2. The van der Waals surface area contributed by atoms with Crippen LogP contribution in [0.3, 0.4) is 0 Å². The molecule has 2 saturated heterocycles. The number of aryl methyl sites for hydroxylation is 2. The first kappa shape index (κ1) is 38.0. The zero-order valence-electron chi connectivity index (χ0n) is 32.1. The van der Waals surface area contributed by atoms with Gasteiger partial charge in [0.2, 0.25) is 5.91 Å². The molecule has 0 spiro atoms. The second-order valence-corrected chi connectivity index (χ2v) is 14.4. The van der Waals surface area contributed by atoms with E-state index in [9.17, 15) is 9.59 Å². The highest BCUT2D eigenvalue weighted by Gasteiger charge is 2.27. The lowest BCUT2D eigenvalue weighted by Gasteiger charge is -2.30. The van der Waals surface area contributed by atoms with Crippen LogP contribution in [0.2, 0.25) is 0 Å². The molecular weight excluding hydrogens is 693 g/mol. The number of nitrogens with two attached hydrogens (primary N) is 1. The lowest BCUT2D eigenvalue weighted by atomic mass is 9.99. The molecule has 0 unspecified atom stereocenters. The Labute approximate surface area is 323 Å². The van der Waals surface area contributed by atoms with Crippen LogP contribution in [0.4, 0.5) is 5.69 Å². The van der Waals surface area contributed by atoms with Crippen LogP contribution in [0.1, 0.15) is 69.8 Å². The molecule has 2 aliphatic heterocycles. The molecule has 5 aromatic rings. The van der Waals surface area contributed by atoms with Gasteiger partial charge in [0.1, 0.15) is 5.75 Å². The molecular formula is C43H52N8O4. The summed E-state index contributed by atoms with van der Waals surface area (Å²) in [4.78, 5) is 36.5. The maximum Gasteiger partial charge on any atom is 0.254 e. The smallest absolute Gasteiger partial charge is 0.254 e. The standard InChI is InChI=1S/C43H52N8O4/c1-4-38-37(40(47-35-14-20-55-21-15-35)36-25-46-51(5-2)42(36)48-38)28-50(43(53)33-11-7-10-32(24-33)41(44)52)27-34-23-31(12-13-39(34)54-3)30-9-6-8-29(22-30)26-49-18-16-45-17-19-49/h6-13,22-25,35,45H,4-5,14-21,26-28H2,1-3H3,(H2,44,52)(H,47,48). The Morgan fingerprint density at radius 2 is 1.75 bits per heavy atom. The molecule has 7 rings (SSSR count). The first-order valence-electron chi connectivity index (χ1n) is 19.4. The molecule has 0 saturated carbocycles. The zero-order valence-corrected chi connectivity index (χ0v) is 32.1. The van der Waals surface area contributed by atoms with Crippen molar-refractivity contribution in [3.63, 3.8) is 0 Å². The van der Waals surface area contributed by atoms with Gasteiger partial charge in [-0.2, -0.15) is 5.10 Å². The lowest BCUT2D eigenvalue weighted by molar-refractivity contribution is 0.0728. The van der Waals surface area contributed by atoms with Crippen molar-refractivity contribution in [2.24, 2.45) is 5.73 Å². The number of pyridine rings is 1. The average Bonchev–Trinajstić information content (AvgIpc) is 3.64. The van der Waals surface area contributed by atoms with E-state index >= 15 is 0 Å². The number of anilines is 1. The number of aromatic nitrogens is 3. The molecule has 2 aliphatic rings. The first-order chi connectivity index (χ1) is 26.8. The summed E-state index contributed by atoms with van der Waals surface area (Å²) in [5.74, 6) is -0.149. The molecule has 4 N–H and O–H groups in total. The van der Waals surface area contributed by atoms with Crippen molar-refractivity contribution >= 4 is 28.5 Å². The van der Waals surface area contributed by atoms with Crippen molar-refractivity contribution in [2.75, 3.05) is 51.8 Å². The van der Waals surface area contributed by atoms with Gasteiger partial charge in [-0.25, -0.2) is 9.67 Å². The maximum absolute atomic E-state index is 14.8. The van der Waals surface area contributed by atoms with E-state index in [1.54, 1.807) is 31.4 Å². The third kappa shape index (κ3) is 8.67. The van der Waals surface area contributed by atoms with Crippen molar-refractivity contribution in [2.45, 2.75) is 65.3 Å². The monoisotopic (exact) mass is 744 g/mol. The number of rotatable bonds is 14. The number of primary amides is 1. The zero-order chi connectivity index (χ0) is 38.3. The number of benzene rings is 3. The van der Waals surface area contributed by atoms with Gasteiger partial charge in [0.05, 0.1) is 37.5 Å². The molecule has 55 heavy (non-hydrogen) atoms. The van der Waals surface area contributed by atoms with E-state index in [0.717, 1.165) is 90.2 Å². The third-order valence-corrected chi connectivity index (χ3v) is 10.7. The number of carbonyl (C=O) groups is 2. The van der Waals surface area contributed by atoms with Crippen LogP contribution in [0, 0.1) is 0 Å². The normalized spacial score (nSPS) is 15.3. The number of piperazine rings is 1. The van der Waals surface area contributed by atoms with Crippen LogP contribution in [0.15, 0.2) is 72.9 Å². The summed E-state index contributed by atoms with van der Waals surface area (Å²) in [6.45, 7) is 11.7. The van der Waals surface area contributed by atoms with E-state index in [-0.39, 0.29) is 30.6 Å². The second-order valence-electron chi connectivity index (χ2n) is 14.4. The molecule has 2 fully saturated rings. The Morgan fingerprint density at radius 1 is 0.982 bits per heavy atom. The summed E-state index contributed by atoms with van der Waals surface area (Å²) in [6.07, 6.45) is 4.28. The van der Waals surface area contributed by atoms with E-state index in [2.05, 4.69) is 70.9 Å². The Bertz CT molecular complexity index is 2140. The van der Waals surface area contributed by atoms with Crippen LogP contribution in [-0.4, -0.2) is 88.9 Å². The molecule has 3 aromatic carbocycles. The highest BCUT2D eigenvalue weighted by Crippen LogP contribution is 2.34. The van der Waals surface area contributed by atoms with Gasteiger partial charge in [0.15, 0.2) is 5.65 Å². The Balaban J connectivity index is 1.30. The summed E-state index contributed by atoms with van der Waals surface area (Å²) >= 11 is 0. The summed E-state index contributed by atoms with van der Waals surface area (Å²) in [7, 11) is 1.66. The van der Waals surface area contributed by atoms with Crippen LogP contribution < -0.4 is 21.1 Å². The predicted molar refractivity (Wildman–Crippen MR) is 215 cm³/mol. The van der Waals surface area contributed by atoms with E-state index in [1.165, 1.54) is 5.56 Å². The van der Waals surface area contributed by atoms with Gasteiger partial charge >= 0.3 is 0 Å². The topological polar surface area (TPSA) is 140 Å². The lowest BCUT2D eigenvalue weighted by Crippen LogP contribution is -2.42. The molecule has 0 aliphatic carbocycles. The van der Waals surface area contributed by atoms with Gasteiger partial charge in [-0.15, -0.1) is 0 Å². The van der Waals surface area contributed by atoms with Crippen molar-refractivity contribution < 1.29 is 19.1 Å². The third-order valence-electron chi connectivity index (χ3n) is 10.7. The first-order valence-corrected chi connectivity index (χ1v) is 19.4. The number of fused-ring (bicyclic) bond motifs is 1. The van der Waals surface area contributed by atoms with Gasteiger partial charge in [0.25, 0.3) is 5.91 Å². The van der Waals surface area contributed by atoms with Crippen molar-refractivity contribution in [3.8, 4) is 16.9 Å². The van der Waals surface area contributed by atoms with Crippen molar-refractivity contribution in [1.29, 1.82) is 0 Å². The molecule has 4 heterocycles. The van der Waals surface area contributed by atoms with Crippen LogP contribution in [0.25, 0.3) is 22.2 Å². The molecule has 288 valence electrons. The van der Waals surface area contributed by atoms with Crippen molar-refractivity contribution in [1.82, 2.24) is 29.9 Å². The van der Waals surface area contributed by atoms with E-state index < -0.39 is 5.91 Å². The minimum atomic E-state index is -0.589. The Morgan fingerprint density at radius 3 is 2.49 bits per heavy atom. The number of hydrogen-bond acceptors (Lipinski definition) is 9. The summed E-state index contributed by atoms with van der Waals surface area (Å²) < 4.78 is 13.5. The maximum atomic E-state index is 14.8. The van der Waals surface area contributed by atoms with Crippen molar-refractivity contribution in [3.05, 3.63) is 106 Å². The van der Waals surface area contributed by atoms with Crippen LogP contribution in [-0.2, 0) is 37.3 Å². The van der Waals surface area contributed by atoms with Crippen LogP contribution >= 0.6 is 0 Å². The molecule has 12 heteroatoms. The predicted octanol–water partition coefficient (Wildman–Crippen LogP) is 5.63. The largest absolute Gasteiger partial charge is 0.496 e. The van der Waals surface area contributed by atoms with E-state index in [0.29, 0.717) is 37.5 Å². The Kier molecular flexibility index (Phi) is 12.1. The average molecular weight is 745 g/mol. The molecule has 0 bridgehead atoms. The number of carbonyl (C=O) groups excluding carboxylic acids is 2. The summed E-state index contributed by atoms with van der Waals surface area (Å²) in [5.41, 5.74) is 14.2. The van der Waals surface area contributed by atoms with Crippen LogP contribution in [0.5, 0.6) is 5.75 Å². The molecule has 2 amide bonds. The molecule has 0 radical (unpaired) electrons. The minimum Gasteiger partial charge on any atom is -0.496 e. The van der Waals surface area contributed by atoms with Gasteiger partial charge in [0, 0.05) is 86.5 Å². The number of ether oxygens (including phenoxy) is 2. The number of amides is 2. The minimum absolute atomic E-state index is 0.198. The van der Waals surface area contributed by atoms with Gasteiger partial charge in [-0.1, -0.05) is 37.3 Å². The number of methoxy groups -OCH3 is 1. The molecule has 0 atom stereocenters. The van der Waals surface area contributed by atoms with E-state index in [1.807, 2.05) is 21.8 Å². The number of hydrogen-bond donors (Lipinski definition) is 3.